The molecule has 0 unspecified atom stereocenters. The summed E-state index contributed by atoms with van der Waals surface area (Å²) in [6.45, 7) is 2.03. The van der Waals surface area contributed by atoms with Crippen LogP contribution in [0.1, 0.15) is 33.7 Å². The number of nitrogens with zero attached hydrogens (tertiary/aromatic N) is 2. The highest BCUT2D eigenvalue weighted by Gasteiger charge is 2.20. The van der Waals surface area contributed by atoms with E-state index in [4.69, 9.17) is 5.11 Å². The van der Waals surface area contributed by atoms with Gasteiger partial charge in [0.2, 0.25) is 0 Å². The normalized spacial score (nSPS) is 14.3. The number of aryl methyl sites for hydroxylation is 2. The number of hydrogen-bond donors (Lipinski definition) is 1. The number of carboxylic acid groups (broad SMARTS) is 1. The van der Waals surface area contributed by atoms with E-state index >= 15 is 0 Å². The van der Waals surface area contributed by atoms with Crippen LogP contribution < -0.4 is 0 Å². The summed E-state index contributed by atoms with van der Waals surface area (Å²) in [7, 11) is 0. The quantitative estimate of drug-likeness (QED) is 0.791. The third kappa shape index (κ3) is 1.10. The Morgan fingerprint density at radius 1 is 1.50 bits per heavy atom. The topological polar surface area (TPSA) is 54.6 Å². The van der Waals surface area contributed by atoms with Crippen LogP contribution in [0.3, 0.4) is 0 Å². The molecule has 16 heavy (non-hydrogen) atoms. The minimum absolute atomic E-state index is 0.290. The lowest BCUT2D eigenvalue weighted by Gasteiger charge is -2.07. The van der Waals surface area contributed by atoms with Crippen molar-refractivity contribution in [3.8, 4) is 0 Å². The Bertz CT molecular complexity index is 599. The average molecular weight is 216 g/mol. The fraction of sp³-hybridized carbons (Fsp3) is 0.333. The second-order valence-corrected chi connectivity index (χ2v) is 4.20. The predicted octanol–water partition coefficient (Wildman–Crippen LogP) is 1.83. The number of hydrogen-bond acceptors (Lipinski definition) is 2. The van der Waals surface area contributed by atoms with Crippen molar-refractivity contribution < 1.29 is 9.90 Å². The highest BCUT2D eigenvalue weighted by atomic mass is 16.4. The van der Waals surface area contributed by atoms with Crippen LogP contribution >= 0.6 is 0 Å². The van der Waals surface area contributed by atoms with Gasteiger partial charge in [-0.05, 0) is 37.8 Å². The number of fused-ring (bicyclic) bond motifs is 2. The SMILES string of the molecule is Cc1c2c(nc3c(C(=O)O)ccn13)CCC2. The summed E-state index contributed by atoms with van der Waals surface area (Å²) >= 11 is 0. The number of carboxylic acids is 1. The minimum Gasteiger partial charge on any atom is -0.478 e. The van der Waals surface area contributed by atoms with Gasteiger partial charge in [0.05, 0.1) is 0 Å². The van der Waals surface area contributed by atoms with Crippen molar-refractivity contribution >= 4 is 11.6 Å². The average Bonchev–Trinajstić information content (AvgIpc) is 2.83. The molecule has 0 radical (unpaired) electrons. The van der Waals surface area contributed by atoms with Crippen LogP contribution in [0.2, 0.25) is 0 Å². The first kappa shape index (κ1) is 9.39. The van der Waals surface area contributed by atoms with E-state index < -0.39 is 5.97 Å². The molecule has 3 rings (SSSR count). The number of carbonyl (C=O) groups is 1. The molecule has 2 heterocycles. The highest BCUT2D eigenvalue weighted by molar-refractivity contribution is 5.94. The maximum Gasteiger partial charge on any atom is 0.339 e. The van der Waals surface area contributed by atoms with Gasteiger partial charge >= 0.3 is 5.97 Å². The molecule has 0 saturated carbocycles. The summed E-state index contributed by atoms with van der Waals surface area (Å²) in [5.74, 6) is -0.910. The minimum atomic E-state index is -0.910. The van der Waals surface area contributed by atoms with Crippen LogP contribution in [0.5, 0.6) is 0 Å². The largest absolute Gasteiger partial charge is 0.478 e. The number of rotatable bonds is 1. The Morgan fingerprint density at radius 2 is 2.31 bits per heavy atom. The third-order valence-corrected chi connectivity index (χ3v) is 3.32. The monoisotopic (exact) mass is 216 g/mol. The molecule has 0 amide bonds. The Kier molecular flexibility index (Phi) is 1.80. The van der Waals surface area contributed by atoms with Crippen LogP contribution in [0, 0.1) is 6.92 Å². The molecule has 4 heteroatoms. The molecular weight excluding hydrogens is 204 g/mol. The van der Waals surface area contributed by atoms with E-state index in [1.807, 2.05) is 11.3 Å². The van der Waals surface area contributed by atoms with Crippen molar-refractivity contribution in [1.29, 1.82) is 0 Å². The van der Waals surface area contributed by atoms with E-state index in [0.717, 1.165) is 30.7 Å². The lowest BCUT2D eigenvalue weighted by Crippen LogP contribution is -2.03. The molecule has 0 fully saturated rings. The molecule has 0 aromatic carbocycles. The van der Waals surface area contributed by atoms with Gasteiger partial charge in [-0.3, -0.25) is 0 Å². The maximum atomic E-state index is 11.0. The molecule has 2 aromatic rings. The fourth-order valence-corrected chi connectivity index (χ4v) is 2.49. The first-order valence-corrected chi connectivity index (χ1v) is 5.41. The molecule has 1 N–H and O–H groups in total. The number of aromatic nitrogens is 2. The van der Waals surface area contributed by atoms with E-state index in [2.05, 4.69) is 4.98 Å². The standard InChI is InChI=1S/C12H12N2O2/c1-7-8-3-2-4-10(8)13-11-9(12(15)16)5-6-14(7)11/h5-6H,2-4H2,1H3,(H,15,16). The van der Waals surface area contributed by atoms with Gasteiger partial charge in [-0.2, -0.15) is 0 Å². The van der Waals surface area contributed by atoms with E-state index in [1.54, 1.807) is 12.3 Å². The smallest absolute Gasteiger partial charge is 0.339 e. The van der Waals surface area contributed by atoms with Gasteiger partial charge in [-0.25, -0.2) is 9.78 Å². The first-order chi connectivity index (χ1) is 7.68. The Hall–Kier alpha value is -1.84. The molecule has 0 spiro atoms. The van der Waals surface area contributed by atoms with Gasteiger partial charge in [-0.1, -0.05) is 0 Å². The summed E-state index contributed by atoms with van der Waals surface area (Å²) in [5, 5.41) is 9.06. The van der Waals surface area contributed by atoms with Crippen molar-refractivity contribution in [3.05, 3.63) is 34.8 Å². The van der Waals surface area contributed by atoms with E-state index in [9.17, 15) is 4.79 Å². The van der Waals surface area contributed by atoms with Crippen molar-refractivity contribution in [2.45, 2.75) is 26.2 Å². The van der Waals surface area contributed by atoms with Gasteiger partial charge < -0.3 is 9.51 Å². The summed E-state index contributed by atoms with van der Waals surface area (Å²) in [4.78, 5) is 15.5. The van der Waals surface area contributed by atoms with Crippen molar-refractivity contribution in [1.82, 2.24) is 9.38 Å². The lowest BCUT2D eigenvalue weighted by atomic mass is 10.2. The van der Waals surface area contributed by atoms with Crippen LogP contribution in [0.25, 0.3) is 5.65 Å². The van der Waals surface area contributed by atoms with Crippen LogP contribution in [-0.2, 0) is 12.8 Å². The maximum absolute atomic E-state index is 11.0. The van der Waals surface area contributed by atoms with Crippen LogP contribution in [0.4, 0.5) is 0 Å². The molecule has 0 atom stereocenters. The predicted molar refractivity (Wildman–Crippen MR) is 58.9 cm³/mol. The molecule has 4 nitrogen and oxygen atoms in total. The van der Waals surface area contributed by atoms with E-state index in [-0.39, 0.29) is 5.56 Å². The lowest BCUT2D eigenvalue weighted by molar-refractivity contribution is 0.0699. The summed E-state index contributed by atoms with van der Waals surface area (Å²) in [6, 6.07) is 1.62. The van der Waals surface area contributed by atoms with Crippen LogP contribution in [0.15, 0.2) is 12.3 Å². The Balaban J connectivity index is 2.39. The Labute approximate surface area is 92.5 Å². The highest BCUT2D eigenvalue weighted by Crippen LogP contribution is 2.26. The molecule has 2 aromatic heterocycles. The van der Waals surface area contributed by atoms with Gasteiger partial charge in [-0.15, -0.1) is 0 Å². The van der Waals surface area contributed by atoms with Crippen molar-refractivity contribution in [2.75, 3.05) is 0 Å². The van der Waals surface area contributed by atoms with Gasteiger partial charge in [0.25, 0.3) is 0 Å². The molecule has 0 saturated heterocycles. The zero-order valence-corrected chi connectivity index (χ0v) is 9.03. The Morgan fingerprint density at radius 3 is 3.06 bits per heavy atom. The fourth-order valence-electron chi connectivity index (χ4n) is 2.49. The summed E-state index contributed by atoms with van der Waals surface area (Å²) in [5.41, 5.74) is 4.36. The van der Waals surface area contributed by atoms with Gasteiger partial charge in [0.1, 0.15) is 5.56 Å². The molecule has 1 aliphatic carbocycles. The molecular formula is C12H12N2O2. The molecule has 1 aliphatic rings. The summed E-state index contributed by atoms with van der Waals surface area (Å²) in [6.07, 6.45) is 4.94. The zero-order chi connectivity index (χ0) is 11.3. The van der Waals surface area contributed by atoms with E-state index in [1.165, 1.54) is 5.56 Å². The molecule has 0 aliphatic heterocycles. The van der Waals surface area contributed by atoms with Crippen molar-refractivity contribution in [3.63, 3.8) is 0 Å². The second kappa shape index (κ2) is 3.07. The van der Waals surface area contributed by atoms with Crippen LogP contribution in [-0.4, -0.2) is 20.5 Å². The van der Waals surface area contributed by atoms with E-state index in [0.29, 0.717) is 5.65 Å². The first-order valence-electron chi connectivity index (χ1n) is 5.41. The van der Waals surface area contributed by atoms with Gasteiger partial charge in [0, 0.05) is 17.6 Å². The molecule has 82 valence electrons. The third-order valence-electron chi connectivity index (χ3n) is 3.32. The zero-order valence-electron chi connectivity index (χ0n) is 9.03. The second-order valence-electron chi connectivity index (χ2n) is 4.20. The molecule has 0 bridgehead atoms. The van der Waals surface area contributed by atoms with Gasteiger partial charge in [0.15, 0.2) is 5.65 Å². The number of aromatic carboxylic acids is 1. The van der Waals surface area contributed by atoms with Crippen molar-refractivity contribution in [2.24, 2.45) is 0 Å². The summed E-state index contributed by atoms with van der Waals surface area (Å²) < 4.78 is 1.88.